The monoisotopic (exact) mass is 350 g/mol. The van der Waals surface area contributed by atoms with E-state index in [1.165, 1.54) is 0 Å². The molecule has 0 saturated carbocycles. The fourth-order valence-electron chi connectivity index (χ4n) is 2.03. The number of H-pyrrole nitrogens is 1. The number of ether oxygens (including phenoxy) is 2. The third-order valence-electron chi connectivity index (χ3n) is 3.28. The number of carbonyl (C=O) groups is 1. The number of aromatic amines is 1. The Kier molecular flexibility index (Phi) is 6.63. The van der Waals surface area contributed by atoms with Crippen molar-refractivity contribution < 1.29 is 24.5 Å². The number of hydrogen-bond donors (Lipinski definition) is 3. The lowest BCUT2D eigenvalue weighted by Crippen LogP contribution is -2.37. The summed E-state index contributed by atoms with van der Waals surface area (Å²) in [5.41, 5.74) is -1.02. The topological polar surface area (TPSA) is 131 Å². The van der Waals surface area contributed by atoms with Crippen LogP contribution in [0.25, 0.3) is 0 Å². The number of esters is 1. The Labute approximate surface area is 142 Å². The van der Waals surface area contributed by atoms with Crippen LogP contribution in [0.5, 0.6) is 0 Å². The van der Waals surface area contributed by atoms with Crippen LogP contribution in [0.15, 0.2) is 52.2 Å². The Morgan fingerprint density at radius 3 is 2.44 bits per heavy atom. The largest absolute Gasteiger partial charge is 0.459 e. The average molecular weight is 350 g/mol. The highest BCUT2D eigenvalue weighted by molar-refractivity contribution is 5.89. The summed E-state index contributed by atoms with van der Waals surface area (Å²) in [5.74, 6) is -0.593. The third-order valence-corrected chi connectivity index (χ3v) is 3.28. The SMILES string of the molecule is O=C(OC[C@H](CO)O[C@H](CO)n1ccc(=O)[nH]c1=O)c1ccccc1. The third kappa shape index (κ3) is 5.11. The van der Waals surface area contributed by atoms with Crippen molar-refractivity contribution in [1.82, 2.24) is 9.55 Å². The van der Waals surface area contributed by atoms with Gasteiger partial charge in [0.25, 0.3) is 5.56 Å². The number of nitrogens with zero attached hydrogens (tertiary/aromatic N) is 1. The molecule has 0 spiro atoms. The van der Waals surface area contributed by atoms with E-state index >= 15 is 0 Å². The Hall–Kier alpha value is -2.75. The summed E-state index contributed by atoms with van der Waals surface area (Å²) < 4.78 is 11.4. The standard InChI is InChI=1S/C16H18N2O7/c19-8-12(10-24-15(22)11-4-2-1-3-5-11)25-14(9-20)18-7-6-13(21)17-16(18)23/h1-7,12,14,19-20H,8-10H2,(H,17,21,23)/t12-,14+/m0/s1. The Morgan fingerprint density at radius 1 is 1.12 bits per heavy atom. The summed E-state index contributed by atoms with van der Waals surface area (Å²) in [6.07, 6.45) is -0.965. The molecule has 2 rings (SSSR count). The van der Waals surface area contributed by atoms with Gasteiger partial charge in [0.05, 0.1) is 18.8 Å². The second-order valence-corrected chi connectivity index (χ2v) is 5.06. The molecule has 1 aromatic carbocycles. The van der Waals surface area contributed by atoms with E-state index in [4.69, 9.17) is 9.47 Å². The smallest absolute Gasteiger partial charge is 0.338 e. The summed E-state index contributed by atoms with van der Waals surface area (Å²) in [5, 5.41) is 18.8. The number of nitrogens with one attached hydrogen (secondary N) is 1. The zero-order chi connectivity index (χ0) is 18.2. The van der Waals surface area contributed by atoms with Crippen LogP contribution in [0.4, 0.5) is 0 Å². The molecule has 134 valence electrons. The highest BCUT2D eigenvalue weighted by atomic mass is 16.6. The fraction of sp³-hybridized carbons (Fsp3) is 0.312. The van der Waals surface area contributed by atoms with Gasteiger partial charge in [0, 0.05) is 12.3 Å². The molecular formula is C16H18N2O7. The van der Waals surface area contributed by atoms with E-state index in [2.05, 4.69) is 0 Å². The van der Waals surface area contributed by atoms with E-state index in [1.54, 1.807) is 30.3 Å². The number of hydrogen-bond acceptors (Lipinski definition) is 7. The minimum atomic E-state index is -1.16. The lowest BCUT2D eigenvalue weighted by Gasteiger charge is -2.23. The molecule has 1 aromatic heterocycles. The van der Waals surface area contributed by atoms with E-state index in [9.17, 15) is 24.6 Å². The second-order valence-electron chi connectivity index (χ2n) is 5.06. The van der Waals surface area contributed by atoms with Gasteiger partial charge >= 0.3 is 11.7 Å². The van der Waals surface area contributed by atoms with Crippen molar-refractivity contribution in [2.45, 2.75) is 12.3 Å². The van der Waals surface area contributed by atoms with Crippen LogP contribution in [-0.2, 0) is 9.47 Å². The van der Waals surface area contributed by atoms with Crippen molar-refractivity contribution in [3.05, 3.63) is 69.0 Å². The van der Waals surface area contributed by atoms with Crippen molar-refractivity contribution >= 4 is 5.97 Å². The molecule has 0 bridgehead atoms. The summed E-state index contributed by atoms with van der Waals surface area (Å²) in [6, 6.07) is 9.37. The molecule has 1 heterocycles. The molecule has 0 fully saturated rings. The van der Waals surface area contributed by atoms with Crippen molar-refractivity contribution in [3.63, 3.8) is 0 Å². The minimum absolute atomic E-state index is 0.279. The lowest BCUT2D eigenvalue weighted by molar-refractivity contribution is -0.115. The number of aliphatic hydroxyl groups is 2. The fourth-order valence-corrected chi connectivity index (χ4v) is 2.03. The van der Waals surface area contributed by atoms with E-state index in [-0.39, 0.29) is 6.61 Å². The first kappa shape index (κ1) is 18.6. The molecule has 25 heavy (non-hydrogen) atoms. The summed E-state index contributed by atoms with van der Waals surface area (Å²) in [6.45, 7) is -1.37. The molecule has 2 atom stereocenters. The quantitative estimate of drug-likeness (QED) is 0.535. The lowest BCUT2D eigenvalue weighted by atomic mass is 10.2. The zero-order valence-electron chi connectivity index (χ0n) is 13.2. The van der Waals surface area contributed by atoms with Gasteiger partial charge in [-0.2, -0.15) is 0 Å². The molecule has 0 aliphatic rings. The van der Waals surface area contributed by atoms with Crippen LogP contribution >= 0.6 is 0 Å². The number of aliphatic hydroxyl groups excluding tert-OH is 2. The van der Waals surface area contributed by atoms with Gasteiger partial charge < -0.3 is 19.7 Å². The maximum absolute atomic E-state index is 11.9. The Bertz CT molecular complexity index is 800. The summed E-state index contributed by atoms with van der Waals surface area (Å²) in [7, 11) is 0. The summed E-state index contributed by atoms with van der Waals surface area (Å²) >= 11 is 0. The van der Waals surface area contributed by atoms with Crippen LogP contribution in [0.3, 0.4) is 0 Å². The molecule has 0 amide bonds. The van der Waals surface area contributed by atoms with Crippen LogP contribution < -0.4 is 11.2 Å². The summed E-state index contributed by atoms with van der Waals surface area (Å²) in [4.78, 5) is 36.7. The normalized spacial score (nSPS) is 13.2. The molecule has 0 aliphatic carbocycles. The zero-order valence-corrected chi connectivity index (χ0v) is 13.2. The molecule has 9 heteroatoms. The van der Waals surface area contributed by atoms with Gasteiger partial charge in [0.15, 0.2) is 6.23 Å². The van der Waals surface area contributed by atoms with Crippen LogP contribution in [0, 0.1) is 0 Å². The predicted octanol–water partition coefficient (Wildman–Crippen LogP) is -0.738. The molecule has 0 aliphatic heterocycles. The maximum atomic E-state index is 11.9. The number of aromatic nitrogens is 2. The van der Waals surface area contributed by atoms with Crippen LogP contribution in [0.1, 0.15) is 16.6 Å². The highest BCUT2D eigenvalue weighted by Crippen LogP contribution is 2.09. The van der Waals surface area contributed by atoms with Gasteiger partial charge in [-0.3, -0.25) is 14.3 Å². The van der Waals surface area contributed by atoms with Gasteiger partial charge in [-0.25, -0.2) is 9.59 Å². The number of benzene rings is 1. The Balaban J connectivity index is 2.01. The molecule has 9 nitrogen and oxygen atoms in total. The van der Waals surface area contributed by atoms with Gasteiger partial charge in [0.1, 0.15) is 12.7 Å². The van der Waals surface area contributed by atoms with Gasteiger partial charge in [-0.05, 0) is 12.1 Å². The van der Waals surface area contributed by atoms with Gasteiger partial charge in [-0.15, -0.1) is 0 Å². The maximum Gasteiger partial charge on any atom is 0.338 e. The molecular weight excluding hydrogens is 332 g/mol. The average Bonchev–Trinajstić information content (AvgIpc) is 2.63. The van der Waals surface area contributed by atoms with Gasteiger partial charge in [-0.1, -0.05) is 18.2 Å². The van der Waals surface area contributed by atoms with E-state index < -0.39 is 42.8 Å². The predicted molar refractivity (Wildman–Crippen MR) is 86.1 cm³/mol. The first-order valence-electron chi connectivity index (χ1n) is 7.46. The first-order chi connectivity index (χ1) is 12.0. The van der Waals surface area contributed by atoms with Crippen molar-refractivity contribution in [1.29, 1.82) is 0 Å². The first-order valence-corrected chi connectivity index (χ1v) is 7.46. The van der Waals surface area contributed by atoms with Crippen LogP contribution in [0.2, 0.25) is 0 Å². The van der Waals surface area contributed by atoms with Crippen molar-refractivity contribution in [2.24, 2.45) is 0 Å². The molecule has 0 saturated heterocycles. The molecule has 3 N–H and O–H groups in total. The Morgan fingerprint density at radius 2 is 1.84 bits per heavy atom. The number of rotatable bonds is 8. The van der Waals surface area contributed by atoms with E-state index in [0.29, 0.717) is 5.56 Å². The van der Waals surface area contributed by atoms with Crippen LogP contribution in [-0.4, -0.2) is 51.7 Å². The molecule has 0 radical (unpaired) electrons. The number of carbonyl (C=O) groups excluding carboxylic acids is 1. The minimum Gasteiger partial charge on any atom is -0.459 e. The van der Waals surface area contributed by atoms with Crippen molar-refractivity contribution in [2.75, 3.05) is 19.8 Å². The van der Waals surface area contributed by atoms with Crippen molar-refractivity contribution in [3.8, 4) is 0 Å². The second kappa shape index (κ2) is 8.92. The van der Waals surface area contributed by atoms with Gasteiger partial charge in [0.2, 0.25) is 0 Å². The molecule has 0 unspecified atom stereocenters. The molecule has 2 aromatic rings. The highest BCUT2D eigenvalue weighted by Gasteiger charge is 2.20. The van der Waals surface area contributed by atoms with E-state index in [0.717, 1.165) is 16.8 Å². The van der Waals surface area contributed by atoms with E-state index in [1.807, 2.05) is 4.98 Å².